The molecule has 1 aliphatic heterocycles. The molecule has 1 N–H and O–H groups in total. The summed E-state index contributed by atoms with van der Waals surface area (Å²) < 4.78 is 40.2. The highest BCUT2D eigenvalue weighted by atomic mass is 19.4. The maximum absolute atomic E-state index is 12.1. The Balaban J connectivity index is 1.90. The van der Waals surface area contributed by atoms with Crippen molar-refractivity contribution in [1.82, 2.24) is 10.2 Å². The van der Waals surface area contributed by atoms with Gasteiger partial charge in [-0.05, 0) is 32.7 Å². The van der Waals surface area contributed by atoms with Crippen LogP contribution in [-0.2, 0) is 4.74 Å². The van der Waals surface area contributed by atoms with E-state index in [0.29, 0.717) is 12.6 Å². The number of hydrogen-bond donors (Lipinski definition) is 1. The van der Waals surface area contributed by atoms with E-state index >= 15 is 0 Å². The average Bonchev–Trinajstić information content (AvgIpc) is 2.50. The summed E-state index contributed by atoms with van der Waals surface area (Å²) >= 11 is 0. The van der Waals surface area contributed by atoms with E-state index in [2.05, 4.69) is 21.9 Å². The number of nitrogens with one attached hydrogen (secondary N) is 1. The van der Waals surface area contributed by atoms with Crippen LogP contribution in [0.5, 0.6) is 0 Å². The highest BCUT2D eigenvalue weighted by molar-refractivity contribution is 4.96. The molecular formula is C14H25F3N2O. The summed E-state index contributed by atoms with van der Waals surface area (Å²) in [5.74, 6) is 0. The molecule has 1 saturated heterocycles. The second kappa shape index (κ2) is 6.62. The highest BCUT2D eigenvalue weighted by Crippen LogP contribution is 2.31. The van der Waals surface area contributed by atoms with Crippen LogP contribution in [0.2, 0.25) is 0 Å². The number of halogens is 3. The average molecular weight is 294 g/mol. The third kappa shape index (κ3) is 4.60. The lowest BCUT2D eigenvalue weighted by Crippen LogP contribution is -2.53. The monoisotopic (exact) mass is 294 g/mol. The second-order valence-electron chi connectivity index (χ2n) is 6.17. The Bertz CT molecular complexity index is 303. The minimum atomic E-state index is -4.52. The minimum Gasteiger partial charge on any atom is -0.310 e. The topological polar surface area (TPSA) is 24.5 Å². The summed E-state index contributed by atoms with van der Waals surface area (Å²) in [5, 5.41) is 3.66. The molecule has 1 heterocycles. The normalized spacial score (nSPS) is 28.5. The van der Waals surface area contributed by atoms with Gasteiger partial charge in [-0.1, -0.05) is 19.3 Å². The molecule has 2 aliphatic rings. The lowest BCUT2D eigenvalue weighted by Gasteiger charge is -2.41. The van der Waals surface area contributed by atoms with Gasteiger partial charge in [-0.15, -0.1) is 13.2 Å². The van der Waals surface area contributed by atoms with Gasteiger partial charge in [0.05, 0.1) is 6.61 Å². The predicted octanol–water partition coefficient (Wildman–Crippen LogP) is 2.91. The molecule has 20 heavy (non-hydrogen) atoms. The van der Waals surface area contributed by atoms with Gasteiger partial charge < -0.3 is 5.32 Å². The molecule has 1 spiro atoms. The Hall–Kier alpha value is -0.330. The molecule has 6 heteroatoms. The van der Waals surface area contributed by atoms with Gasteiger partial charge in [0.25, 0.3) is 0 Å². The Labute approximate surface area is 118 Å². The molecule has 0 aromatic carbocycles. The first-order chi connectivity index (χ1) is 9.40. The van der Waals surface area contributed by atoms with Crippen molar-refractivity contribution in [3.05, 3.63) is 0 Å². The van der Waals surface area contributed by atoms with Crippen molar-refractivity contribution in [2.24, 2.45) is 0 Å². The third-order valence-corrected chi connectivity index (χ3v) is 4.65. The first kappa shape index (κ1) is 16.0. The van der Waals surface area contributed by atoms with Gasteiger partial charge in [0, 0.05) is 24.7 Å². The number of nitrogens with zero attached hydrogens (tertiary/aromatic N) is 1. The van der Waals surface area contributed by atoms with Crippen LogP contribution < -0.4 is 5.32 Å². The first-order valence-electron chi connectivity index (χ1n) is 7.60. The minimum absolute atomic E-state index is 0.112. The zero-order valence-electron chi connectivity index (χ0n) is 12.1. The van der Waals surface area contributed by atoms with Gasteiger partial charge >= 0.3 is 6.36 Å². The lowest BCUT2D eigenvalue weighted by atomic mass is 9.81. The first-order valence-corrected chi connectivity index (χ1v) is 7.60. The molecule has 0 aromatic rings. The van der Waals surface area contributed by atoms with Crippen LogP contribution in [0.25, 0.3) is 0 Å². The summed E-state index contributed by atoms with van der Waals surface area (Å²) in [7, 11) is 0. The summed E-state index contributed by atoms with van der Waals surface area (Å²) in [4.78, 5) is 2.16. The summed E-state index contributed by atoms with van der Waals surface area (Å²) in [5.41, 5.74) is 0.112. The van der Waals surface area contributed by atoms with Crippen LogP contribution in [-0.4, -0.2) is 49.1 Å². The van der Waals surface area contributed by atoms with Crippen molar-refractivity contribution in [3.8, 4) is 0 Å². The zero-order valence-corrected chi connectivity index (χ0v) is 12.1. The largest absolute Gasteiger partial charge is 0.522 e. The van der Waals surface area contributed by atoms with Gasteiger partial charge in [0.1, 0.15) is 0 Å². The fourth-order valence-corrected chi connectivity index (χ4v) is 3.47. The van der Waals surface area contributed by atoms with E-state index in [4.69, 9.17) is 0 Å². The van der Waals surface area contributed by atoms with Crippen LogP contribution in [0.15, 0.2) is 0 Å². The highest BCUT2D eigenvalue weighted by Gasteiger charge is 2.37. The molecule has 1 aliphatic carbocycles. The Morgan fingerprint density at radius 1 is 1.25 bits per heavy atom. The molecule has 2 fully saturated rings. The Morgan fingerprint density at radius 3 is 2.60 bits per heavy atom. The van der Waals surface area contributed by atoms with E-state index in [1.54, 1.807) is 0 Å². The molecule has 0 amide bonds. The van der Waals surface area contributed by atoms with E-state index < -0.39 is 6.36 Å². The van der Waals surface area contributed by atoms with Crippen molar-refractivity contribution < 1.29 is 17.9 Å². The quantitative estimate of drug-likeness (QED) is 0.866. The number of alkyl halides is 3. The van der Waals surface area contributed by atoms with Gasteiger partial charge in [-0.25, -0.2) is 0 Å². The van der Waals surface area contributed by atoms with Crippen LogP contribution >= 0.6 is 0 Å². The lowest BCUT2D eigenvalue weighted by molar-refractivity contribution is -0.325. The molecule has 1 unspecified atom stereocenters. The standard InChI is InChI=1S/C14H25F3N2O/c1-12-5-8-18-13(6-3-2-4-7-13)11-19(12)9-10-20-14(15,16)17/h12,18H,2-11H2,1H3. The van der Waals surface area contributed by atoms with E-state index in [9.17, 15) is 13.2 Å². The summed E-state index contributed by atoms with van der Waals surface area (Å²) in [6.07, 6.45) is 2.44. The molecular weight excluding hydrogens is 269 g/mol. The summed E-state index contributed by atoms with van der Waals surface area (Å²) in [6, 6.07) is 0.306. The van der Waals surface area contributed by atoms with E-state index in [-0.39, 0.29) is 12.1 Å². The number of rotatable bonds is 3. The van der Waals surface area contributed by atoms with Gasteiger partial charge in [0.2, 0.25) is 0 Å². The Morgan fingerprint density at radius 2 is 1.95 bits per heavy atom. The molecule has 0 bridgehead atoms. The van der Waals surface area contributed by atoms with Crippen LogP contribution in [0.1, 0.15) is 45.4 Å². The summed E-state index contributed by atoms with van der Waals surface area (Å²) in [6.45, 7) is 3.97. The fourth-order valence-electron chi connectivity index (χ4n) is 3.47. The zero-order chi connectivity index (χ0) is 14.6. The van der Waals surface area contributed by atoms with Gasteiger partial charge in [0.15, 0.2) is 0 Å². The number of ether oxygens (including phenoxy) is 1. The van der Waals surface area contributed by atoms with Crippen molar-refractivity contribution >= 4 is 0 Å². The van der Waals surface area contributed by atoms with E-state index in [1.165, 1.54) is 19.3 Å². The van der Waals surface area contributed by atoms with Crippen molar-refractivity contribution in [2.45, 2.75) is 63.4 Å². The van der Waals surface area contributed by atoms with E-state index in [1.807, 2.05) is 0 Å². The van der Waals surface area contributed by atoms with Crippen molar-refractivity contribution in [2.75, 3.05) is 26.2 Å². The molecule has 1 saturated carbocycles. The van der Waals surface area contributed by atoms with Crippen molar-refractivity contribution in [1.29, 1.82) is 0 Å². The van der Waals surface area contributed by atoms with Gasteiger partial charge in [-0.3, -0.25) is 9.64 Å². The van der Waals surface area contributed by atoms with Crippen LogP contribution in [0.3, 0.4) is 0 Å². The molecule has 1 atom stereocenters. The SMILES string of the molecule is CC1CCNC2(CCCCC2)CN1CCOC(F)(F)F. The third-order valence-electron chi connectivity index (χ3n) is 4.65. The maximum Gasteiger partial charge on any atom is 0.522 e. The molecule has 3 nitrogen and oxygen atoms in total. The predicted molar refractivity (Wildman–Crippen MR) is 71.5 cm³/mol. The number of hydrogen-bond acceptors (Lipinski definition) is 3. The smallest absolute Gasteiger partial charge is 0.310 e. The Kier molecular flexibility index (Phi) is 5.31. The van der Waals surface area contributed by atoms with E-state index in [0.717, 1.165) is 32.4 Å². The molecule has 118 valence electrons. The fraction of sp³-hybridized carbons (Fsp3) is 1.00. The van der Waals surface area contributed by atoms with Gasteiger partial charge in [-0.2, -0.15) is 0 Å². The van der Waals surface area contributed by atoms with Crippen LogP contribution in [0.4, 0.5) is 13.2 Å². The second-order valence-corrected chi connectivity index (χ2v) is 6.17. The molecule has 2 rings (SSSR count). The molecule has 0 radical (unpaired) electrons. The van der Waals surface area contributed by atoms with Crippen LogP contribution in [0, 0.1) is 0 Å². The van der Waals surface area contributed by atoms with Crippen molar-refractivity contribution in [3.63, 3.8) is 0 Å². The maximum atomic E-state index is 12.1. The molecule has 0 aromatic heterocycles.